The van der Waals surface area contributed by atoms with Gasteiger partial charge in [-0.1, -0.05) is 18.2 Å². The van der Waals surface area contributed by atoms with E-state index in [0.717, 1.165) is 22.6 Å². The predicted molar refractivity (Wildman–Crippen MR) is 77.1 cm³/mol. The second-order valence-corrected chi connectivity index (χ2v) is 4.82. The van der Waals surface area contributed by atoms with Crippen LogP contribution in [0.1, 0.15) is 17.2 Å². The molecule has 2 N–H and O–H groups in total. The van der Waals surface area contributed by atoms with Crippen molar-refractivity contribution < 1.29 is 14.6 Å². The molecule has 2 aromatic rings. The average Bonchev–Trinajstić information content (AvgIpc) is 2.83. The van der Waals surface area contributed by atoms with Gasteiger partial charge >= 0.3 is 0 Å². The average molecular weight is 271 g/mol. The quantitative estimate of drug-likeness (QED) is 0.897. The number of benzene rings is 2. The van der Waals surface area contributed by atoms with Gasteiger partial charge in [0.1, 0.15) is 18.1 Å². The zero-order valence-electron chi connectivity index (χ0n) is 11.3. The van der Waals surface area contributed by atoms with E-state index in [1.54, 1.807) is 19.2 Å². The summed E-state index contributed by atoms with van der Waals surface area (Å²) in [4.78, 5) is 0. The molecule has 0 amide bonds. The van der Waals surface area contributed by atoms with Gasteiger partial charge in [0.2, 0.25) is 0 Å². The summed E-state index contributed by atoms with van der Waals surface area (Å²) in [6.07, 6.45) is 0. The Labute approximate surface area is 118 Å². The maximum Gasteiger partial charge on any atom is 0.128 e. The number of methoxy groups -OCH3 is 1. The van der Waals surface area contributed by atoms with Crippen molar-refractivity contribution in [2.75, 3.05) is 19.0 Å². The van der Waals surface area contributed by atoms with E-state index in [4.69, 9.17) is 9.47 Å². The Morgan fingerprint density at radius 3 is 3.00 bits per heavy atom. The zero-order chi connectivity index (χ0) is 13.9. The van der Waals surface area contributed by atoms with Crippen LogP contribution in [0.3, 0.4) is 0 Å². The number of fused-ring (bicyclic) bond motifs is 1. The molecule has 0 saturated heterocycles. The van der Waals surface area contributed by atoms with Gasteiger partial charge in [0.05, 0.1) is 12.6 Å². The summed E-state index contributed by atoms with van der Waals surface area (Å²) in [6.45, 7) is 1.12. The van der Waals surface area contributed by atoms with Crippen LogP contribution < -0.4 is 10.1 Å². The number of phenols is 1. The lowest BCUT2D eigenvalue weighted by Crippen LogP contribution is -2.13. The normalized spacial score (nSPS) is 16.6. The summed E-state index contributed by atoms with van der Waals surface area (Å²) in [6, 6.07) is 13.4. The fourth-order valence-electron chi connectivity index (χ4n) is 2.45. The van der Waals surface area contributed by atoms with E-state index in [0.29, 0.717) is 13.2 Å². The molecule has 1 atom stereocenters. The third-order valence-electron chi connectivity index (χ3n) is 3.43. The van der Waals surface area contributed by atoms with Crippen LogP contribution in [0.5, 0.6) is 11.5 Å². The van der Waals surface area contributed by atoms with Crippen molar-refractivity contribution in [1.29, 1.82) is 0 Å². The number of para-hydroxylation sites is 1. The van der Waals surface area contributed by atoms with E-state index in [1.807, 2.05) is 30.3 Å². The molecule has 104 valence electrons. The smallest absolute Gasteiger partial charge is 0.128 e. The van der Waals surface area contributed by atoms with Crippen LogP contribution in [0, 0.1) is 0 Å². The topological polar surface area (TPSA) is 50.7 Å². The van der Waals surface area contributed by atoms with Crippen molar-refractivity contribution in [2.24, 2.45) is 0 Å². The second kappa shape index (κ2) is 5.43. The summed E-state index contributed by atoms with van der Waals surface area (Å²) >= 11 is 0. The molecule has 0 aliphatic carbocycles. The van der Waals surface area contributed by atoms with E-state index >= 15 is 0 Å². The molecule has 0 bridgehead atoms. The van der Waals surface area contributed by atoms with Crippen molar-refractivity contribution in [1.82, 2.24) is 0 Å². The van der Waals surface area contributed by atoms with Crippen LogP contribution >= 0.6 is 0 Å². The van der Waals surface area contributed by atoms with Crippen molar-refractivity contribution in [3.05, 3.63) is 53.6 Å². The summed E-state index contributed by atoms with van der Waals surface area (Å²) in [5, 5.41) is 13.0. The molecule has 4 heteroatoms. The number of anilines is 1. The van der Waals surface area contributed by atoms with Crippen LogP contribution in [-0.4, -0.2) is 18.8 Å². The Hall–Kier alpha value is -2.20. The summed E-state index contributed by atoms with van der Waals surface area (Å²) in [5.41, 5.74) is 3.22. The minimum atomic E-state index is 0.0867. The fraction of sp³-hybridized carbons (Fsp3) is 0.250. The van der Waals surface area contributed by atoms with Gasteiger partial charge in [-0.3, -0.25) is 0 Å². The van der Waals surface area contributed by atoms with Crippen LogP contribution in [-0.2, 0) is 11.3 Å². The predicted octanol–water partition coefficient (Wildman–Crippen LogP) is 3.08. The Morgan fingerprint density at radius 2 is 2.15 bits per heavy atom. The second-order valence-electron chi connectivity index (χ2n) is 4.82. The van der Waals surface area contributed by atoms with Crippen LogP contribution in [0.15, 0.2) is 42.5 Å². The summed E-state index contributed by atoms with van der Waals surface area (Å²) in [7, 11) is 1.69. The lowest BCUT2D eigenvalue weighted by molar-refractivity contribution is 0.185. The zero-order valence-corrected chi connectivity index (χ0v) is 11.3. The van der Waals surface area contributed by atoms with Crippen molar-refractivity contribution >= 4 is 5.69 Å². The number of aromatic hydroxyl groups is 1. The van der Waals surface area contributed by atoms with Gasteiger partial charge in [-0.2, -0.15) is 0 Å². The molecular weight excluding hydrogens is 254 g/mol. The van der Waals surface area contributed by atoms with E-state index in [2.05, 4.69) is 5.32 Å². The standard InChI is InChI=1S/C16H17NO3/c1-19-9-11-4-2-3-5-14(11)17-15-10-20-16-8-12(18)6-7-13(15)16/h2-8,15,17-18H,9-10H2,1H3. The number of hydrogen-bond acceptors (Lipinski definition) is 4. The van der Waals surface area contributed by atoms with Gasteiger partial charge < -0.3 is 19.9 Å². The molecule has 0 saturated carbocycles. The molecule has 1 unspecified atom stereocenters. The molecule has 0 radical (unpaired) electrons. The number of phenolic OH excluding ortho intramolecular Hbond substituents is 1. The largest absolute Gasteiger partial charge is 0.508 e. The number of hydrogen-bond donors (Lipinski definition) is 2. The lowest BCUT2D eigenvalue weighted by Gasteiger charge is -2.16. The highest BCUT2D eigenvalue weighted by Gasteiger charge is 2.24. The van der Waals surface area contributed by atoms with Gasteiger partial charge in [0.15, 0.2) is 0 Å². The Bertz CT molecular complexity index is 612. The van der Waals surface area contributed by atoms with Gasteiger partial charge in [0, 0.05) is 30.0 Å². The third kappa shape index (κ3) is 2.42. The first-order chi connectivity index (χ1) is 9.78. The summed E-state index contributed by atoms with van der Waals surface area (Å²) in [5.74, 6) is 0.968. The van der Waals surface area contributed by atoms with Gasteiger partial charge in [-0.05, 0) is 18.2 Å². The molecule has 20 heavy (non-hydrogen) atoms. The van der Waals surface area contributed by atoms with Crippen molar-refractivity contribution in [3.8, 4) is 11.5 Å². The number of ether oxygens (including phenoxy) is 2. The van der Waals surface area contributed by atoms with E-state index in [1.165, 1.54) is 0 Å². The van der Waals surface area contributed by atoms with E-state index < -0.39 is 0 Å². The molecule has 0 fully saturated rings. The van der Waals surface area contributed by atoms with E-state index in [9.17, 15) is 5.11 Å². The summed E-state index contributed by atoms with van der Waals surface area (Å²) < 4.78 is 10.8. The molecular formula is C16H17NO3. The monoisotopic (exact) mass is 271 g/mol. The molecule has 2 aromatic carbocycles. The first-order valence-corrected chi connectivity index (χ1v) is 6.57. The Kier molecular flexibility index (Phi) is 3.48. The fourth-order valence-corrected chi connectivity index (χ4v) is 2.45. The van der Waals surface area contributed by atoms with Gasteiger partial charge in [0.25, 0.3) is 0 Å². The first-order valence-electron chi connectivity index (χ1n) is 6.57. The molecule has 1 aliphatic heterocycles. The van der Waals surface area contributed by atoms with Gasteiger partial charge in [-0.25, -0.2) is 0 Å². The van der Waals surface area contributed by atoms with Crippen molar-refractivity contribution in [3.63, 3.8) is 0 Å². The van der Waals surface area contributed by atoms with Crippen LogP contribution in [0.25, 0.3) is 0 Å². The first kappa shape index (κ1) is 12.8. The molecule has 3 rings (SSSR count). The van der Waals surface area contributed by atoms with Crippen LogP contribution in [0.4, 0.5) is 5.69 Å². The molecule has 1 aliphatic rings. The Morgan fingerprint density at radius 1 is 1.30 bits per heavy atom. The minimum Gasteiger partial charge on any atom is -0.508 e. The maximum atomic E-state index is 9.47. The highest BCUT2D eigenvalue weighted by Crippen LogP contribution is 2.37. The number of nitrogens with one attached hydrogen (secondary N) is 1. The maximum absolute atomic E-state index is 9.47. The third-order valence-corrected chi connectivity index (χ3v) is 3.43. The van der Waals surface area contributed by atoms with E-state index in [-0.39, 0.29) is 11.8 Å². The molecule has 4 nitrogen and oxygen atoms in total. The highest BCUT2D eigenvalue weighted by atomic mass is 16.5. The number of rotatable bonds is 4. The molecule has 0 aromatic heterocycles. The Balaban J connectivity index is 1.84. The molecule has 1 heterocycles. The van der Waals surface area contributed by atoms with Crippen LogP contribution in [0.2, 0.25) is 0 Å². The van der Waals surface area contributed by atoms with Gasteiger partial charge in [-0.15, -0.1) is 0 Å². The lowest BCUT2D eigenvalue weighted by atomic mass is 10.1. The van der Waals surface area contributed by atoms with Crippen molar-refractivity contribution in [2.45, 2.75) is 12.6 Å². The highest BCUT2D eigenvalue weighted by molar-refractivity contribution is 5.55. The minimum absolute atomic E-state index is 0.0867. The SMILES string of the molecule is COCc1ccccc1NC1COc2cc(O)ccc21. The molecule has 0 spiro atoms.